The smallest absolute Gasteiger partial charge is 0.253 e. The molecule has 1 aromatic heterocycles. The van der Waals surface area contributed by atoms with Gasteiger partial charge in [-0.1, -0.05) is 19.1 Å². The van der Waals surface area contributed by atoms with E-state index in [2.05, 4.69) is 16.9 Å². The van der Waals surface area contributed by atoms with Crippen LogP contribution in [0.25, 0.3) is 0 Å². The number of likely N-dealkylation sites (tertiary alicyclic amines) is 2. The fraction of sp³-hybridized carbons (Fsp3) is 0.522. The van der Waals surface area contributed by atoms with Crippen LogP contribution in [0.4, 0.5) is 0 Å². The Labute approximate surface area is 172 Å². The number of benzene rings is 1. The van der Waals surface area contributed by atoms with Gasteiger partial charge in [0.2, 0.25) is 5.91 Å². The molecule has 0 radical (unpaired) electrons. The molecule has 154 valence electrons. The molecule has 0 bridgehead atoms. The van der Waals surface area contributed by atoms with Crippen LogP contribution in [-0.2, 0) is 11.3 Å². The summed E-state index contributed by atoms with van der Waals surface area (Å²) in [6, 6.07) is 9.67. The quantitative estimate of drug-likeness (QED) is 0.801. The predicted octanol–water partition coefficient (Wildman–Crippen LogP) is 3.04. The SMILES string of the molecule is CC1CCCN(C(=O)C2CCN(C(=O)c3ccc(Cn4cccn4)cc3)CC2)C1. The number of rotatable bonds is 4. The number of piperidine rings is 2. The third kappa shape index (κ3) is 4.69. The zero-order chi connectivity index (χ0) is 20.2. The number of carbonyl (C=O) groups is 2. The second-order valence-electron chi connectivity index (χ2n) is 8.50. The van der Waals surface area contributed by atoms with Gasteiger partial charge in [0.1, 0.15) is 0 Å². The highest BCUT2D eigenvalue weighted by Gasteiger charge is 2.32. The summed E-state index contributed by atoms with van der Waals surface area (Å²) < 4.78 is 1.86. The van der Waals surface area contributed by atoms with E-state index in [0.29, 0.717) is 37.0 Å². The van der Waals surface area contributed by atoms with E-state index in [4.69, 9.17) is 0 Å². The standard InChI is InChI=1S/C23H30N4O2/c1-18-4-2-12-26(16-18)23(29)21-9-14-25(15-10-21)22(28)20-7-5-19(6-8-20)17-27-13-3-11-24-27/h3,5-8,11,13,18,21H,2,4,9-10,12,14-17H2,1H3. The van der Waals surface area contributed by atoms with Crippen molar-refractivity contribution in [1.29, 1.82) is 0 Å². The summed E-state index contributed by atoms with van der Waals surface area (Å²) >= 11 is 0. The number of hydrogen-bond acceptors (Lipinski definition) is 3. The van der Waals surface area contributed by atoms with Crippen molar-refractivity contribution in [2.45, 2.75) is 39.2 Å². The topological polar surface area (TPSA) is 58.4 Å². The average molecular weight is 395 g/mol. The predicted molar refractivity (Wildman–Crippen MR) is 111 cm³/mol. The highest BCUT2D eigenvalue weighted by Crippen LogP contribution is 2.24. The Morgan fingerprint density at radius 2 is 1.79 bits per heavy atom. The van der Waals surface area contributed by atoms with Crippen LogP contribution in [0, 0.1) is 11.8 Å². The number of hydrogen-bond donors (Lipinski definition) is 0. The molecule has 4 rings (SSSR count). The molecule has 0 aliphatic carbocycles. The maximum atomic E-state index is 12.9. The minimum absolute atomic E-state index is 0.0631. The van der Waals surface area contributed by atoms with Crippen molar-refractivity contribution in [1.82, 2.24) is 19.6 Å². The lowest BCUT2D eigenvalue weighted by atomic mass is 9.92. The molecule has 6 heteroatoms. The zero-order valence-corrected chi connectivity index (χ0v) is 17.2. The molecule has 2 aromatic rings. The number of aromatic nitrogens is 2. The van der Waals surface area contributed by atoms with Gasteiger partial charge in [-0.25, -0.2) is 0 Å². The first-order chi connectivity index (χ1) is 14.1. The lowest BCUT2D eigenvalue weighted by molar-refractivity contribution is -0.138. The summed E-state index contributed by atoms with van der Waals surface area (Å²) in [6.45, 7) is 6.03. The fourth-order valence-corrected chi connectivity index (χ4v) is 4.49. The van der Waals surface area contributed by atoms with Crippen molar-refractivity contribution in [3.05, 3.63) is 53.9 Å². The van der Waals surface area contributed by atoms with Crippen LogP contribution < -0.4 is 0 Å². The Balaban J connectivity index is 1.30. The average Bonchev–Trinajstić information content (AvgIpc) is 3.26. The van der Waals surface area contributed by atoms with E-state index in [0.717, 1.165) is 37.9 Å². The minimum atomic E-state index is 0.0631. The molecule has 0 spiro atoms. The molecule has 2 fully saturated rings. The van der Waals surface area contributed by atoms with Gasteiger partial charge in [-0.2, -0.15) is 5.10 Å². The maximum absolute atomic E-state index is 12.9. The van der Waals surface area contributed by atoms with Crippen molar-refractivity contribution in [2.75, 3.05) is 26.2 Å². The Hall–Kier alpha value is -2.63. The van der Waals surface area contributed by atoms with E-state index < -0.39 is 0 Å². The third-order valence-corrected chi connectivity index (χ3v) is 6.20. The Bertz CT molecular complexity index is 823. The second-order valence-corrected chi connectivity index (χ2v) is 8.50. The van der Waals surface area contributed by atoms with Crippen LogP contribution in [0.15, 0.2) is 42.7 Å². The highest BCUT2D eigenvalue weighted by molar-refractivity contribution is 5.94. The summed E-state index contributed by atoms with van der Waals surface area (Å²) in [7, 11) is 0. The Morgan fingerprint density at radius 3 is 2.45 bits per heavy atom. The van der Waals surface area contributed by atoms with E-state index in [1.807, 2.05) is 46.1 Å². The van der Waals surface area contributed by atoms with E-state index in [1.165, 1.54) is 6.42 Å². The van der Waals surface area contributed by atoms with Crippen LogP contribution in [0.3, 0.4) is 0 Å². The second kappa shape index (κ2) is 8.80. The van der Waals surface area contributed by atoms with Crippen molar-refractivity contribution < 1.29 is 9.59 Å². The molecular formula is C23H30N4O2. The molecule has 29 heavy (non-hydrogen) atoms. The molecule has 0 N–H and O–H groups in total. The van der Waals surface area contributed by atoms with Gasteiger partial charge in [0.05, 0.1) is 6.54 Å². The van der Waals surface area contributed by atoms with Gasteiger partial charge in [0.25, 0.3) is 5.91 Å². The van der Waals surface area contributed by atoms with Crippen LogP contribution in [0.2, 0.25) is 0 Å². The summed E-state index contributed by atoms with van der Waals surface area (Å²) in [5, 5.41) is 4.21. The van der Waals surface area contributed by atoms with Gasteiger partial charge in [-0.3, -0.25) is 14.3 Å². The van der Waals surface area contributed by atoms with Gasteiger partial charge in [-0.15, -0.1) is 0 Å². The lowest BCUT2D eigenvalue weighted by Crippen LogP contribution is -2.47. The molecule has 6 nitrogen and oxygen atoms in total. The third-order valence-electron chi connectivity index (χ3n) is 6.20. The molecular weight excluding hydrogens is 364 g/mol. The van der Waals surface area contributed by atoms with Gasteiger partial charge in [0.15, 0.2) is 0 Å². The highest BCUT2D eigenvalue weighted by atomic mass is 16.2. The molecule has 2 saturated heterocycles. The number of nitrogens with zero attached hydrogens (tertiary/aromatic N) is 4. The summed E-state index contributed by atoms with van der Waals surface area (Å²) in [4.78, 5) is 29.6. The Kier molecular flexibility index (Phi) is 5.97. The summed E-state index contributed by atoms with van der Waals surface area (Å²) in [5.41, 5.74) is 1.83. The van der Waals surface area contributed by atoms with Crippen LogP contribution in [0.5, 0.6) is 0 Å². The van der Waals surface area contributed by atoms with Crippen LogP contribution in [-0.4, -0.2) is 57.6 Å². The van der Waals surface area contributed by atoms with E-state index in [-0.39, 0.29) is 11.8 Å². The normalized spacial score (nSPS) is 20.7. The van der Waals surface area contributed by atoms with Crippen molar-refractivity contribution in [3.63, 3.8) is 0 Å². The fourth-order valence-electron chi connectivity index (χ4n) is 4.49. The molecule has 1 atom stereocenters. The number of amides is 2. The minimum Gasteiger partial charge on any atom is -0.342 e. The van der Waals surface area contributed by atoms with Crippen molar-refractivity contribution in [2.24, 2.45) is 11.8 Å². The molecule has 3 heterocycles. The van der Waals surface area contributed by atoms with E-state index >= 15 is 0 Å². The first-order valence-corrected chi connectivity index (χ1v) is 10.7. The van der Waals surface area contributed by atoms with E-state index in [9.17, 15) is 9.59 Å². The summed E-state index contributed by atoms with van der Waals surface area (Å²) in [5.74, 6) is 1.03. The van der Waals surface area contributed by atoms with Crippen LogP contribution >= 0.6 is 0 Å². The van der Waals surface area contributed by atoms with Crippen LogP contribution in [0.1, 0.15) is 48.5 Å². The molecule has 0 saturated carbocycles. The molecule has 2 amide bonds. The molecule has 2 aliphatic heterocycles. The molecule has 1 aromatic carbocycles. The van der Waals surface area contributed by atoms with Crippen molar-refractivity contribution >= 4 is 11.8 Å². The van der Waals surface area contributed by atoms with Gasteiger partial charge < -0.3 is 9.80 Å². The van der Waals surface area contributed by atoms with Crippen molar-refractivity contribution in [3.8, 4) is 0 Å². The molecule has 1 unspecified atom stereocenters. The molecule has 2 aliphatic rings. The van der Waals surface area contributed by atoms with E-state index in [1.54, 1.807) is 6.20 Å². The zero-order valence-electron chi connectivity index (χ0n) is 17.2. The maximum Gasteiger partial charge on any atom is 0.253 e. The Morgan fingerprint density at radius 1 is 1.03 bits per heavy atom. The monoisotopic (exact) mass is 394 g/mol. The number of carbonyl (C=O) groups excluding carboxylic acids is 2. The summed E-state index contributed by atoms with van der Waals surface area (Å²) in [6.07, 6.45) is 7.56. The van der Waals surface area contributed by atoms with Gasteiger partial charge in [-0.05, 0) is 55.4 Å². The lowest BCUT2D eigenvalue weighted by Gasteiger charge is -2.37. The first-order valence-electron chi connectivity index (χ1n) is 10.7. The first kappa shape index (κ1) is 19.7. The largest absolute Gasteiger partial charge is 0.342 e. The van der Waals surface area contributed by atoms with Gasteiger partial charge >= 0.3 is 0 Å². The van der Waals surface area contributed by atoms with Gasteiger partial charge in [0, 0.05) is 50.1 Å².